The van der Waals surface area contributed by atoms with E-state index in [9.17, 15) is 0 Å². The van der Waals surface area contributed by atoms with Gasteiger partial charge in [-0.2, -0.15) is 0 Å². The van der Waals surface area contributed by atoms with Crippen molar-refractivity contribution in [3.63, 3.8) is 0 Å². The van der Waals surface area contributed by atoms with Crippen molar-refractivity contribution in [3.05, 3.63) is 24.3 Å². The van der Waals surface area contributed by atoms with Gasteiger partial charge in [0.25, 0.3) is 0 Å². The molecule has 68 valence electrons. The molecule has 0 saturated heterocycles. The summed E-state index contributed by atoms with van der Waals surface area (Å²) in [4.78, 5) is 0. The predicted octanol–water partition coefficient (Wildman–Crippen LogP) is 4.44. The second kappa shape index (κ2) is 11.6. The van der Waals surface area contributed by atoms with E-state index in [1.165, 1.54) is 25.7 Å². The summed E-state index contributed by atoms with van der Waals surface area (Å²) in [5, 5.41) is 0. The first-order valence-electron chi connectivity index (χ1n) is 3.54. The molecule has 1 aliphatic rings. The van der Waals surface area contributed by atoms with Crippen LogP contribution in [-0.2, 0) is 11.2 Å². The molecule has 0 nitrogen and oxygen atoms in total. The van der Waals surface area contributed by atoms with Crippen LogP contribution in [0.15, 0.2) is 24.3 Å². The van der Waals surface area contributed by atoms with Crippen LogP contribution in [0, 0.1) is 0 Å². The number of halogens is 2. The average molecular weight is 557 g/mol. The second-order valence-electron chi connectivity index (χ2n) is 2.14. The fraction of sp³-hybridized carbons (Fsp3) is 0.500. The summed E-state index contributed by atoms with van der Waals surface area (Å²) in [6, 6.07) is 0. The second-order valence-corrected chi connectivity index (χ2v) is 18.7. The van der Waals surface area contributed by atoms with E-state index >= 15 is 0 Å². The van der Waals surface area contributed by atoms with Crippen LogP contribution in [-0.4, -0.2) is 0 Å². The Morgan fingerprint density at radius 2 is 0.909 bits per heavy atom. The van der Waals surface area contributed by atoms with Crippen LogP contribution in [0.3, 0.4) is 0 Å². The van der Waals surface area contributed by atoms with Gasteiger partial charge in [-0.15, -0.1) is 0 Å². The summed E-state index contributed by atoms with van der Waals surface area (Å²) in [5.74, 6) is 0. The van der Waals surface area contributed by atoms with Crippen LogP contribution in [0.2, 0.25) is 0 Å². The van der Waals surface area contributed by atoms with E-state index in [2.05, 4.69) is 63.0 Å². The first kappa shape index (κ1) is 12.6. The van der Waals surface area contributed by atoms with Crippen LogP contribution in [0.4, 0.5) is 0 Å². The molecular weight excluding hydrogens is 545 g/mol. The molecule has 0 saturated carbocycles. The standard InChI is InChI=1S/C8H12.2HI.Pt/c1-2-4-6-8-7-5-3-1;;;/h1-2,7-8H,3-6H2;2*1H;/q;;;+2/p-2/b2-1-,8-7?;;;. The Morgan fingerprint density at radius 1 is 0.727 bits per heavy atom. The molecule has 0 heterocycles. The van der Waals surface area contributed by atoms with Crippen LogP contribution in [0.5, 0.6) is 0 Å². The maximum atomic E-state index is 2.39. The van der Waals surface area contributed by atoms with Crippen molar-refractivity contribution in [3.8, 4) is 0 Å². The van der Waals surface area contributed by atoms with E-state index in [0.29, 0.717) is 11.2 Å². The number of rotatable bonds is 0. The van der Waals surface area contributed by atoms with E-state index in [1.807, 2.05) is 0 Å². The van der Waals surface area contributed by atoms with Crippen molar-refractivity contribution < 1.29 is 11.2 Å². The number of hydrogen-bond donors (Lipinski definition) is 0. The van der Waals surface area contributed by atoms with E-state index in [1.54, 1.807) is 0 Å². The summed E-state index contributed by atoms with van der Waals surface area (Å²) in [5.41, 5.74) is 0. The Hall–Kier alpha value is 1.63. The normalized spacial score (nSPS) is 19.5. The molecule has 0 spiro atoms. The summed E-state index contributed by atoms with van der Waals surface area (Å²) in [6.45, 7) is 0. The molecule has 0 amide bonds. The van der Waals surface area contributed by atoms with Crippen molar-refractivity contribution in [2.45, 2.75) is 25.7 Å². The van der Waals surface area contributed by atoms with E-state index in [4.69, 9.17) is 0 Å². The van der Waals surface area contributed by atoms with Crippen LogP contribution in [0.25, 0.3) is 0 Å². The molecule has 1 aliphatic carbocycles. The number of hydrogen-bond acceptors (Lipinski definition) is 0. The molecule has 0 aliphatic heterocycles. The fourth-order valence-corrected chi connectivity index (χ4v) is 0.856. The van der Waals surface area contributed by atoms with Gasteiger partial charge in [-0.05, 0) is 25.7 Å². The Morgan fingerprint density at radius 3 is 1.09 bits per heavy atom. The SMILES string of the molecule is C1=CCC/C=C\CC1.[I][Pt][I]. The molecule has 11 heavy (non-hydrogen) atoms. The molecule has 0 unspecified atom stereocenters. The van der Waals surface area contributed by atoms with Gasteiger partial charge in [0.2, 0.25) is 0 Å². The van der Waals surface area contributed by atoms with Gasteiger partial charge in [0.1, 0.15) is 0 Å². The van der Waals surface area contributed by atoms with Crippen LogP contribution < -0.4 is 0 Å². The van der Waals surface area contributed by atoms with Gasteiger partial charge in [0, 0.05) is 0 Å². The summed E-state index contributed by atoms with van der Waals surface area (Å²) in [6.07, 6.45) is 14.0. The number of allylic oxidation sites excluding steroid dienone is 4. The molecule has 1 rings (SSSR count). The Kier molecular flexibility index (Phi) is 13.3. The molecule has 0 radical (unpaired) electrons. The van der Waals surface area contributed by atoms with Gasteiger partial charge in [0.15, 0.2) is 0 Å². The van der Waals surface area contributed by atoms with E-state index in [0.717, 1.165) is 0 Å². The third kappa shape index (κ3) is 11.6. The van der Waals surface area contributed by atoms with Crippen molar-refractivity contribution in [2.24, 2.45) is 0 Å². The van der Waals surface area contributed by atoms with Crippen LogP contribution >= 0.6 is 38.7 Å². The molecule has 0 aromatic heterocycles. The zero-order valence-corrected chi connectivity index (χ0v) is 12.8. The van der Waals surface area contributed by atoms with Gasteiger partial charge in [0.05, 0.1) is 0 Å². The summed E-state index contributed by atoms with van der Waals surface area (Å²) in [7, 11) is 0. The third-order valence-corrected chi connectivity index (χ3v) is 1.33. The Balaban J connectivity index is 0.000000292. The molecule has 0 fully saturated rings. The van der Waals surface area contributed by atoms with Crippen molar-refractivity contribution >= 4 is 38.7 Å². The van der Waals surface area contributed by atoms with Crippen molar-refractivity contribution in [2.75, 3.05) is 0 Å². The molecule has 0 N–H and O–H groups in total. The molecule has 0 aromatic carbocycles. The first-order valence-corrected chi connectivity index (χ1v) is 16.4. The van der Waals surface area contributed by atoms with Crippen LogP contribution in [0.1, 0.15) is 25.7 Å². The Labute approximate surface area is 98.5 Å². The predicted molar refractivity (Wildman–Crippen MR) is 64.8 cm³/mol. The van der Waals surface area contributed by atoms with Gasteiger partial charge in [-0.3, -0.25) is 0 Å². The average Bonchev–Trinajstić information content (AvgIpc) is 1.86. The maximum absolute atomic E-state index is 2.39. The van der Waals surface area contributed by atoms with Gasteiger partial charge >= 0.3 is 49.9 Å². The van der Waals surface area contributed by atoms with Crippen molar-refractivity contribution in [1.82, 2.24) is 0 Å². The molecular formula is C8H12I2Pt. The van der Waals surface area contributed by atoms with E-state index < -0.39 is 0 Å². The third-order valence-electron chi connectivity index (χ3n) is 1.33. The molecule has 3 heteroatoms. The Bertz CT molecular complexity index is 95.3. The van der Waals surface area contributed by atoms with E-state index in [-0.39, 0.29) is 0 Å². The van der Waals surface area contributed by atoms with Gasteiger partial charge in [-0.25, -0.2) is 0 Å². The first-order chi connectivity index (χ1) is 5.41. The zero-order chi connectivity index (χ0) is 8.36. The molecule has 0 atom stereocenters. The van der Waals surface area contributed by atoms with Gasteiger partial charge < -0.3 is 0 Å². The zero-order valence-electron chi connectivity index (χ0n) is 6.21. The summed E-state index contributed by atoms with van der Waals surface area (Å²) >= 11 is 5.30. The fourth-order valence-electron chi connectivity index (χ4n) is 0.856. The summed E-state index contributed by atoms with van der Waals surface area (Å²) < 4.78 is 0. The molecule has 0 bridgehead atoms. The van der Waals surface area contributed by atoms with Gasteiger partial charge in [-0.1, -0.05) is 24.3 Å². The minimum absolute atomic E-state index is 0.523. The topological polar surface area (TPSA) is 0 Å². The quantitative estimate of drug-likeness (QED) is 0.306. The monoisotopic (exact) mass is 557 g/mol. The van der Waals surface area contributed by atoms with Crippen molar-refractivity contribution in [1.29, 1.82) is 0 Å². The minimum atomic E-state index is 0.523. The molecule has 0 aromatic rings.